The molecule has 0 aliphatic rings. The number of hydrogen-bond donors (Lipinski definition) is 0. The fourth-order valence-corrected chi connectivity index (χ4v) is 6.90. The van der Waals surface area contributed by atoms with E-state index in [1.54, 1.807) is 0 Å². The van der Waals surface area contributed by atoms with Gasteiger partial charge >= 0.3 is 0 Å². The molecule has 0 heterocycles. The highest BCUT2D eigenvalue weighted by Gasteiger charge is 2.21. The highest BCUT2D eigenvalue weighted by Crippen LogP contribution is 2.38. The van der Waals surface area contributed by atoms with Gasteiger partial charge in [-0.05, 0) is 107 Å². The lowest BCUT2D eigenvalue weighted by molar-refractivity contribution is 0.967. The van der Waals surface area contributed by atoms with E-state index in [-0.39, 0.29) is 11.8 Å². The highest BCUT2D eigenvalue weighted by molar-refractivity contribution is 5.72. The van der Waals surface area contributed by atoms with Gasteiger partial charge in [-0.3, -0.25) is 0 Å². The van der Waals surface area contributed by atoms with Crippen molar-refractivity contribution < 1.29 is 0 Å². The van der Waals surface area contributed by atoms with Gasteiger partial charge in [0.1, 0.15) is 0 Å². The molecule has 6 aromatic rings. The summed E-state index contributed by atoms with van der Waals surface area (Å²) < 4.78 is 0. The Labute approximate surface area is 276 Å². The molecule has 0 spiro atoms. The van der Waals surface area contributed by atoms with Gasteiger partial charge in [0.15, 0.2) is 0 Å². The van der Waals surface area contributed by atoms with Gasteiger partial charge in [-0.1, -0.05) is 158 Å². The minimum Gasteiger partial charge on any atom is -0.0613 e. The first-order valence-electron chi connectivity index (χ1n) is 16.9. The number of aryl methyl sites for hydroxylation is 6. The molecule has 0 N–H and O–H groups in total. The molecule has 0 aliphatic heterocycles. The molecule has 0 saturated heterocycles. The van der Waals surface area contributed by atoms with Crippen LogP contribution in [-0.2, 0) is 12.8 Å². The summed E-state index contributed by atoms with van der Waals surface area (Å²) in [5.74, 6) is 0.384. The first kappa shape index (κ1) is 31.3. The number of hydrogen-bond acceptors (Lipinski definition) is 0. The van der Waals surface area contributed by atoms with E-state index < -0.39 is 0 Å². The molecule has 0 nitrogen and oxygen atoms in total. The standard InChI is InChI=1S/C46H46/c1-7-35-13-21-39(22-14-35)45(37-17-9-31(3)10-18-37)41-25-27-43(33(5)29-41)44-28-26-42(30-34(44)6)46(38-19-11-32(4)12-20-38)40-23-15-36(8-2)16-24-40/h9-30,45-46H,7-8H2,1-6H3. The Morgan fingerprint density at radius 1 is 0.348 bits per heavy atom. The van der Waals surface area contributed by atoms with E-state index in [1.807, 2.05) is 0 Å². The van der Waals surface area contributed by atoms with Crippen LogP contribution < -0.4 is 0 Å². The average molecular weight is 599 g/mol. The molecule has 230 valence electrons. The van der Waals surface area contributed by atoms with Crippen molar-refractivity contribution in [3.05, 3.63) is 200 Å². The van der Waals surface area contributed by atoms with Gasteiger partial charge in [0, 0.05) is 11.8 Å². The second kappa shape index (κ2) is 13.8. The van der Waals surface area contributed by atoms with Crippen LogP contribution in [0.1, 0.15) is 92.4 Å². The van der Waals surface area contributed by atoms with E-state index in [2.05, 4.69) is 175 Å². The molecule has 6 rings (SSSR count). The van der Waals surface area contributed by atoms with Crippen LogP contribution in [0.4, 0.5) is 0 Å². The first-order chi connectivity index (χ1) is 22.3. The van der Waals surface area contributed by atoms with Crippen molar-refractivity contribution in [2.24, 2.45) is 0 Å². The molecular formula is C46H46. The molecular weight excluding hydrogens is 553 g/mol. The van der Waals surface area contributed by atoms with Crippen LogP contribution in [0.5, 0.6) is 0 Å². The van der Waals surface area contributed by atoms with Crippen molar-refractivity contribution in [3.63, 3.8) is 0 Å². The van der Waals surface area contributed by atoms with Crippen LogP contribution in [0, 0.1) is 27.7 Å². The van der Waals surface area contributed by atoms with E-state index in [9.17, 15) is 0 Å². The van der Waals surface area contributed by atoms with E-state index in [0.717, 1.165) is 12.8 Å². The lowest BCUT2D eigenvalue weighted by Gasteiger charge is -2.23. The summed E-state index contributed by atoms with van der Waals surface area (Å²) in [6.07, 6.45) is 2.11. The predicted octanol–water partition coefficient (Wildman–Crippen LogP) is 12.1. The average Bonchev–Trinajstić information content (AvgIpc) is 3.08. The van der Waals surface area contributed by atoms with Crippen LogP contribution in [0.25, 0.3) is 11.1 Å². The summed E-state index contributed by atoms with van der Waals surface area (Å²) in [4.78, 5) is 0. The molecule has 6 aromatic carbocycles. The summed E-state index contributed by atoms with van der Waals surface area (Å²) in [5.41, 5.74) is 18.5. The second-order valence-corrected chi connectivity index (χ2v) is 13.0. The molecule has 0 aliphatic carbocycles. The Morgan fingerprint density at radius 3 is 0.913 bits per heavy atom. The van der Waals surface area contributed by atoms with Gasteiger partial charge in [0.2, 0.25) is 0 Å². The zero-order valence-corrected chi connectivity index (χ0v) is 28.3. The molecule has 0 fully saturated rings. The summed E-state index contributed by atoms with van der Waals surface area (Å²) in [7, 11) is 0. The number of benzene rings is 6. The van der Waals surface area contributed by atoms with Crippen molar-refractivity contribution in [3.8, 4) is 11.1 Å². The molecule has 0 heteroatoms. The zero-order chi connectivity index (χ0) is 32.2. The molecule has 2 unspecified atom stereocenters. The van der Waals surface area contributed by atoms with Crippen LogP contribution >= 0.6 is 0 Å². The normalized spacial score (nSPS) is 12.6. The maximum atomic E-state index is 2.41. The lowest BCUT2D eigenvalue weighted by atomic mass is 9.81. The van der Waals surface area contributed by atoms with Crippen molar-refractivity contribution in [2.45, 2.75) is 66.2 Å². The number of rotatable bonds is 9. The Bertz CT molecular complexity index is 1760. The summed E-state index contributed by atoms with van der Waals surface area (Å²) in [6, 6.07) is 50.7. The predicted molar refractivity (Wildman–Crippen MR) is 197 cm³/mol. The quantitative estimate of drug-likeness (QED) is 0.145. The topological polar surface area (TPSA) is 0 Å². The molecule has 0 amide bonds. The molecule has 0 bridgehead atoms. The van der Waals surface area contributed by atoms with Gasteiger partial charge in [-0.25, -0.2) is 0 Å². The second-order valence-electron chi connectivity index (χ2n) is 13.0. The smallest absolute Gasteiger partial charge is 0.0340 e. The van der Waals surface area contributed by atoms with Crippen LogP contribution in [0.3, 0.4) is 0 Å². The maximum Gasteiger partial charge on any atom is 0.0340 e. The first-order valence-corrected chi connectivity index (χ1v) is 16.9. The third-order valence-corrected chi connectivity index (χ3v) is 9.72. The lowest BCUT2D eigenvalue weighted by Crippen LogP contribution is -2.05. The third kappa shape index (κ3) is 6.63. The maximum absolute atomic E-state index is 2.41. The molecule has 46 heavy (non-hydrogen) atoms. The Hall–Kier alpha value is -4.68. The van der Waals surface area contributed by atoms with Crippen LogP contribution in [0.2, 0.25) is 0 Å². The molecule has 2 atom stereocenters. The van der Waals surface area contributed by atoms with Gasteiger partial charge < -0.3 is 0 Å². The van der Waals surface area contributed by atoms with Crippen molar-refractivity contribution in [2.75, 3.05) is 0 Å². The Kier molecular flexibility index (Phi) is 9.36. The third-order valence-electron chi connectivity index (χ3n) is 9.72. The Morgan fingerprint density at radius 2 is 0.630 bits per heavy atom. The minimum atomic E-state index is 0.192. The van der Waals surface area contributed by atoms with Gasteiger partial charge in [0.25, 0.3) is 0 Å². The van der Waals surface area contributed by atoms with Crippen LogP contribution in [0.15, 0.2) is 133 Å². The van der Waals surface area contributed by atoms with E-state index >= 15 is 0 Å². The summed E-state index contributed by atoms with van der Waals surface area (Å²) in [6.45, 7) is 13.3. The van der Waals surface area contributed by atoms with Crippen molar-refractivity contribution >= 4 is 0 Å². The Balaban J connectivity index is 1.37. The van der Waals surface area contributed by atoms with Gasteiger partial charge in [-0.2, -0.15) is 0 Å². The SMILES string of the molecule is CCc1ccc(C(c2ccc(C)cc2)c2ccc(-c3ccc(C(c4ccc(C)cc4)c4ccc(CC)cc4)cc3C)c(C)c2)cc1. The monoisotopic (exact) mass is 598 g/mol. The largest absolute Gasteiger partial charge is 0.0613 e. The zero-order valence-electron chi connectivity index (χ0n) is 28.3. The van der Waals surface area contributed by atoms with Gasteiger partial charge in [0.05, 0.1) is 0 Å². The summed E-state index contributed by atoms with van der Waals surface area (Å²) in [5, 5.41) is 0. The van der Waals surface area contributed by atoms with E-state index in [0.29, 0.717) is 0 Å². The van der Waals surface area contributed by atoms with Crippen molar-refractivity contribution in [1.82, 2.24) is 0 Å². The fourth-order valence-electron chi connectivity index (χ4n) is 6.90. The van der Waals surface area contributed by atoms with Crippen LogP contribution in [-0.4, -0.2) is 0 Å². The fraction of sp³-hybridized carbons (Fsp3) is 0.217. The van der Waals surface area contributed by atoms with E-state index in [4.69, 9.17) is 0 Å². The molecule has 0 radical (unpaired) electrons. The molecule has 0 saturated carbocycles. The van der Waals surface area contributed by atoms with Gasteiger partial charge in [-0.15, -0.1) is 0 Å². The molecule has 0 aromatic heterocycles. The minimum absolute atomic E-state index is 0.192. The van der Waals surface area contributed by atoms with Crippen molar-refractivity contribution in [1.29, 1.82) is 0 Å². The highest BCUT2D eigenvalue weighted by atomic mass is 14.2. The van der Waals surface area contributed by atoms with E-state index in [1.165, 1.54) is 77.9 Å². The summed E-state index contributed by atoms with van der Waals surface area (Å²) >= 11 is 0.